The maximum Gasteiger partial charge on any atom is 0.195 e. The van der Waals surface area contributed by atoms with Gasteiger partial charge in [-0.2, -0.15) is 0 Å². The minimum absolute atomic E-state index is 0.517. The quantitative estimate of drug-likeness (QED) is 0.908. The Bertz CT molecular complexity index is 511. The van der Waals surface area contributed by atoms with Crippen LogP contribution in [0.2, 0.25) is 5.02 Å². The lowest BCUT2D eigenvalue weighted by molar-refractivity contribution is 0.415. The van der Waals surface area contributed by atoms with Gasteiger partial charge in [0.25, 0.3) is 0 Å². The van der Waals surface area contributed by atoms with E-state index in [2.05, 4.69) is 4.98 Å². The number of hydrogen-bond acceptors (Lipinski definition) is 4. The number of benzene rings is 1. The molecule has 1 aromatic heterocycles. The topological polar surface area (TPSA) is 61.3 Å². The molecule has 2 rings (SSSR count). The van der Waals surface area contributed by atoms with E-state index in [1.165, 1.54) is 0 Å². The van der Waals surface area contributed by atoms with Gasteiger partial charge in [0.05, 0.1) is 12.1 Å². The van der Waals surface area contributed by atoms with Gasteiger partial charge in [-0.1, -0.05) is 11.6 Å². The first-order valence-electron chi connectivity index (χ1n) is 5.23. The van der Waals surface area contributed by atoms with Crippen molar-refractivity contribution in [2.45, 2.75) is 6.42 Å². The number of rotatable bonds is 4. The first-order valence-corrected chi connectivity index (χ1v) is 5.60. The van der Waals surface area contributed by atoms with Gasteiger partial charge < -0.3 is 14.9 Å². The Kier molecular flexibility index (Phi) is 3.66. The molecule has 2 aromatic rings. The monoisotopic (exact) mass is 252 g/mol. The van der Waals surface area contributed by atoms with Crippen LogP contribution in [0, 0.1) is 0 Å². The number of nitrogens with two attached hydrogens (primary N) is 1. The summed E-state index contributed by atoms with van der Waals surface area (Å²) in [4.78, 5) is 4.32. The summed E-state index contributed by atoms with van der Waals surface area (Å²) >= 11 is 6.04. The van der Waals surface area contributed by atoms with Crippen LogP contribution >= 0.6 is 11.6 Å². The third-order valence-corrected chi connectivity index (χ3v) is 2.65. The third kappa shape index (κ3) is 2.60. The fourth-order valence-electron chi connectivity index (χ4n) is 1.51. The van der Waals surface area contributed by atoms with Gasteiger partial charge in [0, 0.05) is 18.5 Å². The fraction of sp³-hybridized carbons (Fsp3) is 0.250. The van der Waals surface area contributed by atoms with E-state index in [4.69, 9.17) is 26.5 Å². The number of methoxy groups -OCH3 is 1. The summed E-state index contributed by atoms with van der Waals surface area (Å²) in [6, 6.07) is 5.48. The lowest BCUT2D eigenvalue weighted by Crippen LogP contribution is -2.02. The molecule has 0 aliphatic heterocycles. The van der Waals surface area contributed by atoms with E-state index in [1.54, 1.807) is 25.5 Å². The summed E-state index contributed by atoms with van der Waals surface area (Å²) in [5, 5.41) is 0.549. The smallest absolute Gasteiger partial charge is 0.195 e. The molecule has 0 radical (unpaired) electrons. The van der Waals surface area contributed by atoms with Crippen LogP contribution in [0.4, 0.5) is 0 Å². The normalized spacial score (nSPS) is 10.5. The molecule has 0 bridgehead atoms. The molecule has 0 amide bonds. The molecule has 1 aromatic carbocycles. The first kappa shape index (κ1) is 12.0. The lowest BCUT2D eigenvalue weighted by atomic mass is 10.1. The van der Waals surface area contributed by atoms with Crippen molar-refractivity contribution in [1.29, 1.82) is 0 Å². The number of halogens is 1. The Morgan fingerprint density at radius 2 is 2.29 bits per heavy atom. The molecule has 0 spiro atoms. The van der Waals surface area contributed by atoms with Crippen molar-refractivity contribution >= 4 is 11.6 Å². The minimum atomic E-state index is 0.517. The van der Waals surface area contributed by atoms with Crippen LogP contribution < -0.4 is 10.5 Å². The van der Waals surface area contributed by atoms with Crippen LogP contribution in [0.3, 0.4) is 0 Å². The van der Waals surface area contributed by atoms with Crippen molar-refractivity contribution in [3.8, 4) is 17.0 Å². The molecule has 90 valence electrons. The largest absolute Gasteiger partial charge is 0.495 e. The Morgan fingerprint density at radius 3 is 2.94 bits per heavy atom. The molecule has 0 atom stereocenters. The number of oxazole rings is 1. The summed E-state index contributed by atoms with van der Waals surface area (Å²) in [6.07, 6.45) is 2.23. The van der Waals surface area contributed by atoms with Crippen molar-refractivity contribution in [2.75, 3.05) is 13.7 Å². The molecule has 4 nitrogen and oxygen atoms in total. The minimum Gasteiger partial charge on any atom is -0.495 e. The van der Waals surface area contributed by atoms with E-state index in [0.717, 1.165) is 11.3 Å². The van der Waals surface area contributed by atoms with Gasteiger partial charge in [0.15, 0.2) is 5.89 Å². The van der Waals surface area contributed by atoms with E-state index in [-0.39, 0.29) is 0 Å². The summed E-state index contributed by atoms with van der Waals surface area (Å²) < 4.78 is 10.4. The zero-order chi connectivity index (χ0) is 12.3. The van der Waals surface area contributed by atoms with Crippen LogP contribution in [-0.2, 0) is 6.42 Å². The molecule has 0 saturated heterocycles. The van der Waals surface area contributed by atoms with Crippen molar-refractivity contribution in [2.24, 2.45) is 5.73 Å². The van der Waals surface area contributed by atoms with Crippen molar-refractivity contribution in [3.05, 3.63) is 35.4 Å². The number of hydrogen-bond donors (Lipinski definition) is 1. The molecule has 5 heteroatoms. The van der Waals surface area contributed by atoms with E-state index < -0.39 is 0 Å². The number of nitrogens with zero attached hydrogens (tertiary/aromatic N) is 1. The standard InChI is InChI=1S/C12H13ClN2O2/c1-16-11-3-2-8(6-9(11)13)10-7-17-12(15-10)4-5-14/h2-3,6-7H,4-5,14H2,1H3. The van der Waals surface area contributed by atoms with Crippen LogP contribution in [0.5, 0.6) is 5.75 Å². The molecular formula is C12H13ClN2O2. The molecular weight excluding hydrogens is 240 g/mol. The van der Waals surface area contributed by atoms with Crippen molar-refractivity contribution in [3.63, 3.8) is 0 Å². The summed E-state index contributed by atoms with van der Waals surface area (Å²) in [5.74, 6) is 1.27. The van der Waals surface area contributed by atoms with E-state index in [0.29, 0.717) is 29.6 Å². The second kappa shape index (κ2) is 5.21. The molecule has 0 unspecified atom stereocenters. The Balaban J connectivity index is 2.29. The molecule has 0 aliphatic carbocycles. The van der Waals surface area contributed by atoms with Gasteiger partial charge in [0.1, 0.15) is 17.7 Å². The predicted molar refractivity (Wildman–Crippen MR) is 66.3 cm³/mol. The maximum absolute atomic E-state index is 6.04. The second-order valence-corrected chi connectivity index (χ2v) is 3.92. The SMILES string of the molecule is COc1ccc(-c2coc(CCN)n2)cc1Cl. The Hall–Kier alpha value is -1.52. The lowest BCUT2D eigenvalue weighted by Gasteiger charge is -2.03. The summed E-state index contributed by atoms with van der Waals surface area (Å²) in [5.41, 5.74) is 7.07. The third-order valence-electron chi connectivity index (χ3n) is 2.36. The highest BCUT2D eigenvalue weighted by molar-refractivity contribution is 6.32. The zero-order valence-corrected chi connectivity index (χ0v) is 10.2. The van der Waals surface area contributed by atoms with Gasteiger partial charge in [-0.3, -0.25) is 0 Å². The van der Waals surface area contributed by atoms with Gasteiger partial charge in [-0.25, -0.2) is 4.98 Å². The molecule has 0 saturated carbocycles. The molecule has 0 aliphatic rings. The average molecular weight is 253 g/mol. The zero-order valence-electron chi connectivity index (χ0n) is 9.44. The van der Waals surface area contributed by atoms with E-state index >= 15 is 0 Å². The van der Waals surface area contributed by atoms with Gasteiger partial charge in [-0.05, 0) is 18.2 Å². The van der Waals surface area contributed by atoms with Gasteiger partial charge in [0.2, 0.25) is 0 Å². The highest BCUT2D eigenvalue weighted by atomic mass is 35.5. The van der Waals surface area contributed by atoms with Crippen LogP contribution in [-0.4, -0.2) is 18.6 Å². The number of aromatic nitrogens is 1. The highest BCUT2D eigenvalue weighted by Gasteiger charge is 2.08. The Morgan fingerprint density at radius 1 is 1.47 bits per heavy atom. The number of ether oxygens (including phenoxy) is 1. The Labute approximate surface area is 104 Å². The van der Waals surface area contributed by atoms with E-state index in [9.17, 15) is 0 Å². The molecule has 17 heavy (non-hydrogen) atoms. The highest BCUT2D eigenvalue weighted by Crippen LogP contribution is 2.29. The molecule has 2 N–H and O–H groups in total. The van der Waals surface area contributed by atoms with Gasteiger partial charge in [-0.15, -0.1) is 0 Å². The van der Waals surface area contributed by atoms with Crippen LogP contribution in [0.1, 0.15) is 5.89 Å². The second-order valence-electron chi connectivity index (χ2n) is 3.51. The molecule has 1 heterocycles. The maximum atomic E-state index is 6.04. The van der Waals surface area contributed by atoms with Gasteiger partial charge >= 0.3 is 0 Å². The molecule has 0 fully saturated rings. The first-order chi connectivity index (χ1) is 8.24. The van der Waals surface area contributed by atoms with E-state index in [1.807, 2.05) is 6.07 Å². The van der Waals surface area contributed by atoms with Crippen molar-refractivity contribution in [1.82, 2.24) is 4.98 Å². The van der Waals surface area contributed by atoms with Crippen molar-refractivity contribution < 1.29 is 9.15 Å². The van der Waals surface area contributed by atoms with Crippen LogP contribution in [0.25, 0.3) is 11.3 Å². The summed E-state index contributed by atoms with van der Waals surface area (Å²) in [7, 11) is 1.58. The summed E-state index contributed by atoms with van der Waals surface area (Å²) in [6.45, 7) is 0.517. The predicted octanol–water partition coefficient (Wildman–Crippen LogP) is 2.50. The average Bonchev–Trinajstić information content (AvgIpc) is 2.78. The fourth-order valence-corrected chi connectivity index (χ4v) is 1.77. The van der Waals surface area contributed by atoms with Crippen LogP contribution in [0.15, 0.2) is 28.9 Å².